The van der Waals surface area contributed by atoms with Gasteiger partial charge in [-0.2, -0.15) is 0 Å². The third-order valence-electron chi connectivity index (χ3n) is 4.97. The molecule has 0 spiro atoms. The number of fused-ring (bicyclic) bond motifs is 1. The fraction of sp³-hybridized carbons (Fsp3) is 0.160. The maximum Gasteiger partial charge on any atom is 0.123 e. The van der Waals surface area contributed by atoms with Crippen molar-refractivity contribution in [2.45, 2.75) is 26.2 Å². The average Bonchev–Trinajstić information content (AvgIpc) is 2.72. The van der Waals surface area contributed by atoms with Gasteiger partial charge in [0.2, 0.25) is 0 Å². The summed E-state index contributed by atoms with van der Waals surface area (Å²) >= 11 is 0. The minimum absolute atomic E-state index is 0.225. The van der Waals surface area contributed by atoms with Crippen LogP contribution in [0.15, 0.2) is 79.0 Å². The van der Waals surface area contributed by atoms with Crippen LogP contribution < -0.4 is 0 Å². The molecule has 3 aromatic carbocycles. The Hall–Kier alpha value is -3.00. The van der Waals surface area contributed by atoms with E-state index in [1.54, 1.807) is 12.3 Å². The van der Waals surface area contributed by atoms with Gasteiger partial charge in [-0.3, -0.25) is 4.98 Å². The Bertz CT molecular complexity index is 1070. The zero-order valence-corrected chi connectivity index (χ0v) is 15.5. The van der Waals surface area contributed by atoms with Crippen LogP contribution in [0, 0.1) is 5.82 Å². The van der Waals surface area contributed by atoms with Crippen molar-refractivity contribution in [2.75, 3.05) is 0 Å². The zero-order valence-electron chi connectivity index (χ0n) is 15.5. The molecule has 0 saturated carbocycles. The van der Waals surface area contributed by atoms with Crippen LogP contribution in [-0.4, -0.2) is 4.98 Å². The standard InChI is InChI=1S/C25H22FN/c1-2-3-5-18-8-10-19(11-9-18)20-6-4-7-22(16-20)25-24-13-12-23(26)17-21(24)14-15-27-25/h4,6-17H,2-3,5H2,1H3. The predicted molar refractivity (Wildman–Crippen MR) is 111 cm³/mol. The molecule has 0 aliphatic carbocycles. The Kier molecular flexibility index (Phi) is 4.97. The van der Waals surface area contributed by atoms with Crippen LogP contribution in [0.25, 0.3) is 33.2 Å². The first kappa shape index (κ1) is 17.4. The van der Waals surface area contributed by atoms with Crippen molar-refractivity contribution in [1.29, 1.82) is 0 Å². The second-order valence-electron chi connectivity index (χ2n) is 6.91. The van der Waals surface area contributed by atoms with Gasteiger partial charge in [0, 0.05) is 17.1 Å². The molecule has 2 heteroatoms. The number of aromatic nitrogens is 1. The molecule has 4 aromatic rings. The molecule has 134 valence electrons. The van der Waals surface area contributed by atoms with E-state index >= 15 is 0 Å². The van der Waals surface area contributed by atoms with Gasteiger partial charge in [0.15, 0.2) is 0 Å². The fourth-order valence-corrected chi connectivity index (χ4v) is 3.47. The third-order valence-corrected chi connectivity index (χ3v) is 4.97. The first-order valence-electron chi connectivity index (χ1n) is 9.48. The van der Waals surface area contributed by atoms with Crippen molar-refractivity contribution in [3.63, 3.8) is 0 Å². The van der Waals surface area contributed by atoms with Crippen LogP contribution in [0.1, 0.15) is 25.3 Å². The molecule has 1 nitrogen and oxygen atoms in total. The molecule has 0 aliphatic rings. The molecule has 0 aliphatic heterocycles. The summed E-state index contributed by atoms with van der Waals surface area (Å²) in [7, 11) is 0. The van der Waals surface area contributed by atoms with Crippen LogP contribution in [0.5, 0.6) is 0 Å². The normalized spacial score (nSPS) is 11.0. The fourth-order valence-electron chi connectivity index (χ4n) is 3.47. The van der Waals surface area contributed by atoms with Crippen LogP contribution >= 0.6 is 0 Å². The van der Waals surface area contributed by atoms with E-state index in [9.17, 15) is 4.39 Å². The van der Waals surface area contributed by atoms with Crippen molar-refractivity contribution in [3.8, 4) is 22.4 Å². The molecule has 0 radical (unpaired) electrons. The maximum atomic E-state index is 13.5. The van der Waals surface area contributed by atoms with E-state index in [0.29, 0.717) is 0 Å². The molecule has 0 amide bonds. The second kappa shape index (κ2) is 7.71. The van der Waals surface area contributed by atoms with Crippen molar-refractivity contribution < 1.29 is 4.39 Å². The second-order valence-corrected chi connectivity index (χ2v) is 6.91. The number of benzene rings is 3. The number of halogens is 1. The van der Waals surface area contributed by atoms with Crippen LogP contribution in [0.2, 0.25) is 0 Å². The first-order chi connectivity index (χ1) is 13.2. The number of hydrogen-bond acceptors (Lipinski definition) is 1. The monoisotopic (exact) mass is 355 g/mol. The summed E-state index contributed by atoms with van der Waals surface area (Å²) in [5.41, 5.74) is 5.67. The number of hydrogen-bond donors (Lipinski definition) is 0. The SMILES string of the molecule is CCCCc1ccc(-c2cccc(-c3nccc4cc(F)ccc34)c2)cc1. The van der Waals surface area contributed by atoms with E-state index in [0.717, 1.165) is 34.0 Å². The third kappa shape index (κ3) is 3.75. The van der Waals surface area contributed by atoms with Crippen LogP contribution in [0.4, 0.5) is 4.39 Å². The quantitative estimate of drug-likeness (QED) is 0.374. The molecule has 0 atom stereocenters. The lowest BCUT2D eigenvalue weighted by Gasteiger charge is -2.09. The Morgan fingerprint density at radius 2 is 1.63 bits per heavy atom. The molecule has 27 heavy (non-hydrogen) atoms. The molecule has 0 unspecified atom stereocenters. The Morgan fingerprint density at radius 1 is 0.815 bits per heavy atom. The van der Waals surface area contributed by atoms with Crippen LogP contribution in [0.3, 0.4) is 0 Å². The molecule has 0 bridgehead atoms. The van der Waals surface area contributed by atoms with E-state index in [2.05, 4.69) is 60.4 Å². The van der Waals surface area contributed by atoms with Gasteiger partial charge in [0.25, 0.3) is 0 Å². The Labute approximate surface area is 159 Å². The summed E-state index contributed by atoms with van der Waals surface area (Å²) in [6, 6.07) is 23.9. The van der Waals surface area contributed by atoms with Gasteiger partial charge in [0.05, 0.1) is 5.69 Å². The van der Waals surface area contributed by atoms with E-state index in [4.69, 9.17) is 0 Å². The summed E-state index contributed by atoms with van der Waals surface area (Å²) < 4.78 is 13.5. The van der Waals surface area contributed by atoms with Gasteiger partial charge in [-0.25, -0.2) is 4.39 Å². The number of nitrogens with zero attached hydrogens (tertiary/aromatic N) is 1. The van der Waals surface area contributed by atoms with Gasteiger partial charge in [0.1, 0.15) is 5.82 Å². The lowest BCUT2D eigenvalue weighted by atomic mass is 9.97. The Balaban J connectivity index is 1.71. The summed E-state index contributed by atoms with van der Waals surface area (Å²) in [6.07, 6.45) is 5.31. The largest absolute Gasteiger partial charge is 0.256 e. The highest BCUT2D eigenvalue weighted by Gasteiger charge is 2.08. The minimum atomic E-state index is -0.225. The molecular formula is C25H22FN. The topological polar surface area (TPSA) is 12.9 Å². The summed E-state index contributed by atoms with van der Waals surface area (Å²) in [6.45, 7) is 2.22. The molecule has 0 saturated heterocycles. The van der Waals surface area contributed by atoms with Gasteiger partial charge < -0.3 is 0 Å². The van der Waals surface area contributed by atoms with Gasteiger partial charge in [-0.1, -0.05) is 55.8 Å². The average molecular weight is 355 g/mol. The van der Waals surface area contributed by atoms with Crippen LogP contribution in [-0.2, 0) is 6.42 Å². The van der Waals surface area contributed by atoms with Gasteiger partial charge in [-0.15, -0.1) is 0 Å². The van der Waals surface area contributed by atoms with E-state index in [1.807, 2.05) is 12.1 Å². The number of aryl methyl sites for hydroxylation is 1. The summed E-state index contributed by atoms with van der Waals surface area (Å²) in [5.74, 6) is -0.225. The van der Waals surface area contributed by atoms with E-state index in [-0.39, 0.29) is 5.82 Å². The number of rotatable bonds is 5. The van der Waals surface area contributed by atoms with Crippen molar-refractivity contribution in [1.82, 2.24) is 4.98 Å². The molecule has 1 aromatic heterocycles. The van der Waals surface area contributed by atoms with Gasteiger partial charge >= 0.3 is 0 Å². The number of unbranched alkanes of at least 4 members (excludes halogenated alkanes) is 1. The predicted octanol–water partition coefficient (Wildman–Crippen LogP) is 7.05. The molecular weight excluding hydrogens is 333 g/mol. The van der Waals surface area contributed by atoms with Crippen molar-refractivity contribution in [2.24, 2.45) is 0 Å². The zero-order chi connectivity index (χ0) is 18.6. The number of pyridine rings is 1. The lowest BCUT2D eigenvalue weighted by Crippen LogP contribution is -1.88. The molecule has 4 rings (SSSR count). The summed E-state index contributed by atoms with van der Waals surface area (Å²) in [4.78, 5) is 4.57. The smallest absolute Gasteiger partial charge is 0.123 e. The maximum absolute atomic E-state index is 13.5. The Morgan fingerprint density at radius 3 is 2.44 bits per heavy atom. The van der Waals surface area contributed by atoms with E-state index in [1.165, 1.54) is 30.0 Å². The highest BCUT2D eigenvalue weighted by molar-refractivity contribution is 5.95. The first-order valence-corrected chi connectivity index (χ1v) is 9.48. The summed E-state index contributed by atoms with van der Waals surface area (Å²) in [5, 5.41) is 1.83. The highest BCUT2D eigenvalue weighted by atomic mass is 19.1. The van der Waals surface area contributed by atoms with Crippen molar-refractivity contribution >= 4 is 10.8 Å². The lowest BCUT2D eigenvalue weighted by molar-refractivity contribution is 0.630. The molecule has 0 fully saturated rings. The minimum Gasteiger partial charge on any atom is -0.256 e. The van der Waals surface area contributed by atoms with Crippen molar-refractivity contribution in [3.05, 3.63) is 90.4 Å². The van der Waals surface area contributed by atoms with Gasteiger partial charge in [-0.05, 0) is 65.3 Å². The highest BCUT2D eigenvalue weighted by Crippen LogP contribution is 2.30. The molecule has 1 heterocycles. The molecule has 0 N–H and O–H groups in total. The van der Waals surface area contributed by atoms with E-state index < -0.39 is 0 Å².